The van der Waals surface area contributed by atoms with Gasteiger partial charge >= 0.3 is 29.6 Å². The first-order valence-corrected chi connectivity index (χ1v) is 6.19. The van der Waals surface area contributed by atoms with Gasteiger partial charge in [-0.1, -0.05) is 44.2 Å². The Morgan fingerprint density at radius 2 is 1.79 bits per heavy atom. The van der Waals surface area contributed by atoms with E-state index in [0.29, 0.717) is 5.30 Å². The van der Waals surface area contributed by atoms with Gasteiger partial charge < -0.3 is 9.46 Å². The van der Waals surface area contributed by atoms with E-state index >= 15 is 0 Å². The van der Waals surface area contributed by atoms with Crippen molar-refractivity contribution in [1.29, 1.82) is 0 Å². The molecule has 0 saturated heterocycles. The second-order valence-corrected chi connectivity index (χ2v) is 5.81. The maximum Gasteiger partial charge on any atom is 1.00 e. The Labute approximate surface area is 107 Å². The van der Waals surface area contributed by atoms with Gasteiger partial charge in [0, 0.05) is 7.37 Å². The Bertz CT molecular complexity index is 311. The van der Waals surface area contributed by atoms with E-state index in [1.807, 2.05) is 19.9 Å². The van der Waals surface area contributed by atoms with Gasteiger partial charge in [-0.3, -0.25) is 0 Å². The third-order valence-corrected chi connectivity index (χ3v) is 4.05. The van der Waals surface area contributed by atoms with Crippen LogP contribution in [0, 0.1) is 5.92 Å². The first kappa shape index (κ1) is 14.4. The van der Waals surface area contributed by atoms with Crippen molar-refractivity contribution in [2.24, 2.45) is 5.92 Å². The van der Waals surface area contributed by atoms with E-state index in [0.717, 1.165) is 0 Å². The SMILES string of the molecule is CC(C)CP(=O)([O-])c1ccccc1.[Na+]. The molecule has 1 aromatic carbocycles. The minimum absolute atomic E-state index is 0. The van der Waals surface area contributed by atoms with Gasteiger partial charge in [0.05, 0.1) is 0 Å². The Morgan fingerprint density at radius 1 is 1.29 bits per heavy atom. The molecule has 4 heteroatoms. The number of benzene rings is 1. The van der Waals surface area contributed by atoms with Crippen LogP contribution in [0.1, 0.15) is 13.8 Å². The van der Waals surface area contributed by atoms with Gasteiger partial charge in [0.15, 0.2) is 0 Å². The summed E-state index contributed by atoms with van der Waals surface area (Å²) in [5.41, 5.74) is 0. The van der Waals surface area contributed by atoms with Crippen LogP contribution < -0.4 is 39.8 Å². The van der Waals surface area contributed by atoms with Gasteiger partial charge in [-0.05, 0) is 17.4 Å². The molecule has 2 nitrogen and oxygen atoms in total. The molecule has 72 valence electrons. The molecule has 0 radical (unpaired) electrons. The molecule has 0 aliphatic rings. The zero-order chi connectivity index (χ0) is 9.90. The van der Waals surface area contributed by atoms with E-state index in [4.69, 9.17) is 0 Å². The molecule has 1 unspecified atom stereocenters. The first-order valence-electron chi connectivity index (χ1n) is 4.38. The van der Waals surface area contributed by atoms with Gasteiger partial charge in [-0.15, -0.1) is 0 Å². The fraction of sp³-hybridized carbons (Fsp3) is 0.400. The standard InChI is InChI=1S/C10H15O2P.Na/c1-9(2)8-13(11,12)10-6-4-3-5-7-10;/h3-7,9H,8H2,1-2H3,(H,11,12);/q;+1/p-1. The predicted molar refractivity (Wildman–Crippen MR) is 53.4 cm³/mol. The summed E-state index contributed by atoms with van der Waals surface area (Å²) in [4.78, 5) is 11.7. The van der Waals surface area contributed by atoms with Crippen molar-refractivity contribution < 1.29 is 39.0 Å². The average Bonchev–Trinajstić information content (AvgIpc) is 2.04. The summed E-state index contributed by atoms with van der Waals surface area (Å²) in [6.07, 6.45) is 0.247. The molecule has 0 amide bonds. The van der Waals surface area contributed by atoms with Crippen molar-refractivity contribution in [2.45, 2.75) is 13.8 Å². The molecule has 0 spiro atoms. The van der Waals surface area contributed by atoms with Crippen LogP contribution in [0.2, 0.25) is 0 Å². The van der Waals surface area contributed by atoms with Crippen molar-refractivity contribution in [3.05, 3.63) is 30.3 Å². The molecular weight excluding hydrogens is 206 g/mol. The second-order valence-electron chi connectivity index (χ2n) is 3.59. The largest absolute Gasteiger partial charge is 1.00 e. The molecule has 0 aliphatic heterocycles. The Hall–Kier alpha value is 0.410. The fourth-order valence-electron chi connectivity index (χ4n) is 1.24. The van der Waals surface area contributed by atoms with E-state index in [9.17, 15) is 9.46 Å². The predicted octanol–water partition coefficient (Wildman–Crippen LogP) is -1.39. The smallest absolute Gasteiger partial charge is 0.796 e. The van der Waals surface area contributed by atoms with Crippen molar-refractivity contribution in [3.63, 3.8) is 0 Å². The average molecular weight is 220 g/mol. The fourth-order valence-corrected chi connectivity index (χ4v) is 3.04. The monoisotopic (exact) mass is 220 g/mol. The number of hydrogen-bond donors (Lipinski definition) is 0. The normalized spacial score (nSPS) is 14.6. The molecule has 1 rings (SSSR count). The number of rotatable bonds is 3. The number of hydrogen-bond acceptors (Lipinski definition) is 2. The van der Waals surface area contributed by atoms with Gasteiger partial charge in [0.1, 0.15) is 0 Å². The van der Waals surface area contributed by atoms with Crippen molar-refractivity contribution in [3.8, 4) is 0 Å². The molecule has 0 bridgehead atoms. The second kappa shape index (κ2) is 6.09. The molecular formula is C10H14NaO2P. The van der Waals surface area contributed by atoms with Crippen LogP contribution in [0.3, 0.4) is 0 Å². The topological polar surface area (TPSA) is 40.1 Å². The van der Waals surface area contributed by atoms with E-state index < -0.39 is 7.37 Å². The summed E-state index contributed by atoms with van der Waals surface area (Å²) in [6.45, 7) is 3.82. The Kier molecular flexibility index (Phi) is 6.27. The summed E-state index contributed by atoms with van der Waals surface area (Å²) in [7, 11) is -3.35. The molecule has 0 saturated carbocycles. The van der Waals surface area contributed by atoms with Gasteiger partial charge in [0.25, 0.3) is 0 Å². The van der Waals surface area contributed by atoms with E-state index in [-0.39, 0.29) is 41.6 Å². The maximum atomic E-state index is 11.7. The molecule has 0 heterocycles. The molecule has 14 heavy (non-hydrogen) atoms. The molecule has 0 N–H and O–H groups in total. The molecule has 0 aromatic heterocycles. The summed E-state index contributed by atoms with van der Waals surface area (Å²) >= 11 is 0. The van der Waals surface area contributed by atoms with Crippen molar-refractivity contribution >= 4 is 12.7 Å². The van der Waals surface area contributed by atoms with Crippen LogP contribution in [-0.4, -0.2) is 6.16 Å². The third-order valence-electron chi connectivity index (χ3n) is 1.76. The third kappa shape index (κ3) is 4.29. The summed E-state index contributed by atoms with van der Waals surface area (Å²) in [5.74, 6) is 0.184. The minimum atomic E-state index is -3.35. The van der Waals surface area contributed by atoms with Crippen LogP contribution >= 0.6 is 7.37 Å². The Balaban J connectivity index is 0.00000169. The van der Waals surface area contributed by atoms with Gasteiger partial charge in [-0.25, -0.2) is 0 Å². The zero-order valence-corrected chi connectivity index (χ0v) is 11.8. The summed E-state index contributed by atoms with van der Waals surface area (Å²) in [6, 6.07) is 8.62. The van der Waals surface area contributed by atoms with Crippen molar-refractivity contribution in [1.82, 2.24) is 0 Å². The first-order chi connectivity index (χ1) is 6.02. The van der Waals surface area contributed by atoms with Crippen LogP contribution in [0.4, 0.5) is 0 Å². The molecule has 1 atom stereocenters. The molecule has 0 aliphatic carbocycles. The minimum Gasteiger partial charge on any atom is -0.796 e. The molecule has 1 aromatic rings. The quantitative estimate of drug-likeness (QED) is 0.465. The van der Waals surface area contributed by atoms with Crippen LogP contribution in [0.25, 0.3) is 0 Å². The van der Waals surface area contributed by atoms with Crippen LogP contribution in [0.5, 0.6) is 0 Å². The van der Waals surface area contributed by atoms with E-state index in [1.165, 1.54) is 0 Å². The van der Waals surface area contributed by atoms with Gasteiger partial charge in [0.2, 0.25) is 0 Å². The van der Waals surface area contributed by atoms with E-state index in [2.05, 4.69) is 0 Å². The summed E-state index contributed by atoms with van der Waals surface area (Å²) < 4.78 is 11.7. The maximum absolute atomic E-state index is 11.7. The van der Waals surface area contributed by atoms with E-state index in [1.54, 1.807) is 24.3 Å². The van der Waals surface area contributed by atoms with Crippen LogP contribution in [0.15, 0.2) is 30.3 Å². The molecule has 0 fully saturated rings. The summed E-state index contributed by atoms with van der Waals surface area (Å²) in [5, 5.41) is 0.448. The van der Waals surface area contributed by atoms with Gasteiger partial charge in [-0.2, -0.15) is 0 Å². The zero-order valence-electron chi connectivity index (χ0n) is 8.93. The van der Waals surface area contributed by atoms with Crippen LogP contribution in [-0.2, 0) is 4.57 Å². The van der Waals surface area contributed by atoms with Crippen molar-refractivity contribution in [2.75, 3.05) is 6.16 Å². The Morgan fingerprint density at radius 3 is 2.21 bits per heavy atom.